The Bertz CT molecular complexity index is 1030. The number of amides is 2. The molecular formula is C18H17F3N6OS. The maximum absolute atomic E-state index is 12.8. The summed E-state index contributed by atoms with van der Waals surface area (Å²) in [6, 6.07) is 5.44. The van der Waals surface area contributed by atoms with Crippen LogP contribution < -0.4 is 15.5 Å². The number of aryl methyl sites for hydroxylation is 1. The van der Waals surface area contributed by atoms with Crippen molar-refractivity contribution in [2.45, 2.75) is 13.1 Å². The molecule has 0 saturated carbocycles. The zero-order chi connectivity index (χ0) is 21.2. The summed E-state index contributed by atoms with van der Waals surface area (Å²) in [5.41, 5.74) is 0.498. The Labute approximate surface area is 168 Å². The molecule has 2 heterocycles. The summed E-state index contributed by atoms with van der Waals surface area (Å²) in [4.78, 5) is 27.6. The molecule has 3 rings (SSSR count). The molecule has 0 aliphatic heterocycles. The van der Waals surface area contributed by atoms with Crippen LogP contribution in [0.3, 0.4) is 0 Å². The summed E-state index contributed by atoms with van der Waals surface area (Å²) in [5, 5.41) is 5.22. The lowest BCUT2D eigenvalue weighted by Gasteiger charge is -2.10. The largest absolute Gasteiger partial charge is 0.416 e. The minimum absolute atomic E-state index is 0.0252. The van der Waals surface area contributed by atoms with Gasteiger partial charge in [-0.05, 0) is 31.2 Å². The number of thiazole rings is 1. The standard InChI is InChI=1S/C18H17F3N6OS/c1-10-14(13-7-8-22-15(25-13)27(2)3)29-17(23-10)26-16(28)24-12-6-4-5-11(9-12)18(19,20)21/h4-9H,1-3H3,(H2,23,24,26,28). The third-order valence-electron chi connectivity index (χ3n) is 3.74. The number of aromatic nitrogens is 3. The van der Waals surface area contributed by atoms with Crippen LogP contribution in [0.4, 0.5) is 34.7 Å². The molecule has 0 radical (unpaired) electrons. The van der Waals surface area contributed by atoms with Gasteiger partial charge in [0.05, 0.1) is 21.8 Å². The molecule has 7 nitrogen and oxygen atoms in total. The number of hydrogen-bond donors (Lipinski definition) is 2. The van der Waals surface area contributed by atoms with E-state index in [2.05, 4.69) is 25.6 Å². The lowest BCUT2D eigenvalue weighted by atomic mass is 10.2. The molecular weight excluding hydrogens is 405 g/mol. The molecule has 152 valence electrons. The lowest BCUT2D eigenvalue weighted by molar-refractivity contribution is -0.137. The first-order valence-corrected chi connectivity index (χ1v) is 9.18. The van der Waals surface area contributed by atoms with E-state index < -0.39 is 17.8 Å². The highest BCUT2D eigenvalue weighted by molar-refractivity contribution is 7.19. The average molecular weight is 422 g/mol. The summed E-state index contributed by atoms with van der Waals surface area (Å²) in [5.74, 6) is 0.534. The van der Waals surface area contributed by atoms with E-state index in [1.807, 2.05) is 14.1 Å². The fourth-order valence-corrected chi connectivity index (χ4v) is 3.34. The van der Waals surface area contributed by atoms with Crippen molar-refractivity contribution in [1.82, 2.24) is 15.0 Å². The molecule has 0 spiro atoms. The van der Waals surface area contributed by atoms with Crippen LogP contribution in [0.5, 0.6) is 0 Å². The van der Waals surface area contributed by atoms with Gasteiger partial charge in [0.15, 0.2) is 5.13 Å². The highest BCUT2D eigenvalue weighted by Crippen LogP contribution is 2.33. The highest BCUT2D eigenvalue weighted by Gasteiger charge is 2.30. The molecule has 2 amide bonds. The molecule has 0 saturated heterocycles. The molecule has 0 unspecified atom stereocenters. The predicted octanol–water partition coefficient (Wildman–Crippen LogP) is 4.64. The molecule has 0 atom stereocenters. The van der Waals surface area contributed by atoms with E-state index in [4.69, 9.17) is 0 Å². The number of halogens is 3. The van der Waals surface area contributed by atoms with Crippen molar-refractivity contribution in [1.29, 1.82) is 0 Å². The number of carbonyl (C=O) groups is 1. The van der Waals surface area contributed by atoms with Gasteiger partial charge in [-0.2, -0.15) is 13.2 Å². The first kappa shape index (κ1) is 20.5. The van der Waals surface area contributed by atoms with Crippen molar-refractivity contribution in [3.05, 3.63) is 47.8 Å². The summed E-state index contributed by atoms with van der Waals surface area (Å²) < 4.78 is 38.4. The fraction of sp³-hybridized carbons (Fsp3) is 0.222. The molecule has 2 aromatic heterocycles. The molecule has 0 aliphatic carbocycles. The number of rotatable bonds is 4. The second kappa shape index (κ2) is 8.03. The average Bonchev–Trinajstić information content (AvgIpc) is 3.01. The zero-order valence-corrected chi connectivity index (χ0v) is 16.5. The minimum Gasteiger partial charge on any atom is -0.347 e. The smallest absolute Gasteiger partial charge is 0.347 e. The van der Waals surface area contributed by atoms with E-state index in [1.165, 1.54) is 23.5 Å². The number of nitrogens with zero attached hydrogens (tertiary/aromatic N) is 4. The lowest BCUT2D eigenvalue weighted by Crippen LogP contribution is -2.19. The van der Waals surface area contributed by atoms with Crippen LogP contribution >= 0.6 is 11.3 Å². The van der Waals surface area contributed by atoms with Crippen molar-refractivity contribution in [2.75, 3.05) is 29.6 Å². The monoisotopic (exact) mass is 422 g/mol. The van der Waals surface area contributed by atoms with Crippen LogP contribution in [0.2, 0.25) is 0 Å². The van der Waals surface area contributed by atoms with Gasteiger partial charge in [0.1, 0.15) is 0 Å². The number of nitrogens with one attached hydrogen (secondary N) is 2. The van der Waals surface area contributed by atoms with Gasteiger partial charge < -0.3 is 10.2 Å². The Kier molecular flexibility index (Phi) is 5.69. The number of anilines is 3. The molecule has 2 N–H and O–H groups in total. The van der Waals surface area contributed by atoms with E-state index in [0.717, 1.165) is 17.0 Å². The first-order valence-electron chi connectivity index (χ1n) is 8.37. The molecule has 29 heavy (non-hydrogen) atoms. The van der Waals surface area contributed by atoms with Crippen molar-refractivity contribution in [3.8, 4) is 10.6 Å². The van der Waals surface area contributed by atoms with Crippen molar-refractivity contribution < 1.29 is 18.0 Å². The maximum atomic E-state index is 12.8. The van der Waals surface area contributed by atoms with E-state index in [-0.39, 0.29) is 5.69 Å². The van der Waals surface area contributed by atoms with Crippen LogP contribution in [0, 0.1) is 6.92 Å². The second-order valence-electron chi connectivity index (χ2n) is 6.23. The normalized spacial score (nSPS) is 11.2. The highest BCUT2D eigenvalue weighted by atomic mass is 32.1. The van der Waals surface area contributed by atoms with Crippen LogP contribution in [0.25, 0.3) is 10.6 Å². The molecule has 3 aromatic rings. The van der Waals surface area contributed by atoms with Gasteiger partial charge in [0, 0.05) is 26.0 Å². The number of benzene rings is 1. The third-order valence-corrected chi connectivity index (χ3v) is 4.84. The van der Waals surface area contributed by atoms with Gasteiger partial charge in [0.2, 0.25) is 5.95 Å². The Morgan fingerprint density at radius 3 is 2.59 bits per heavy atom. The maximum Gasteiger partial charge on any atom is 0.416 e. The first-order chi connectivity index (χ1) is 13.6. The van der Waals surface area contributed by atoms with Crippen LogP contribution in [0.1, 0.15) is 11.3 Å². The summed E-state index contributed by atoms with van der Waals surface area (Å²) in [6.07, 6.45) is -2.86. The van der Waals surface area contributed by atoms with E-state index >= 15 is 0 Å². The second-order valence-corrected chi connectivity index (χ2v) is 7.23. The molecule has 0 bridgehead atoms. The number of urea groups is 1. The molecule has 0 fully saturated rings. The van der Waals surface area contributed by atoms with Gasteiger partial charge in [-0.15, -0.1) is 0 Å². The van der Waals surface area contributed by atoms with Gasteiger partial charge in [-0.25, -0.2) is 19.7 Å². The quantitative estimate of drug-likeness (QED) is 0.640. The summed E-state index contributed by atoms with van der Waals surface area (Å²) in [7, 11) is 3.65. The summed E-state index contributed by atoms with van der Waals surface area (Å²) >= 11 is 1.21. The van der Waals surface area contributed by atoms with Crippen molar-refractivity contribution >= 4 is 34.1 Å². The molecule has 0 aliphatic rings. The van der Waals surface area contributed by atoms with E-state index in [1.54, 1.807) is 24.1 Å². The number of carbonyl (C=O) groups excluding carboxylic acids is 1. The van der Waals surface area contributed by atoms with Crippen molar-refractivity contribution in [2.24, 2.45) is 0 Å². The van der Waals surface area contributed by atoms with Crippen LogP contribution in [0.15, 0.2) is 36.5 Å². The van der Waals surface area contributed by atoms with E-state index in [0.29, 0.717) is 22.5 Å². The zero-order valence-electron chi connectivity index (χ0n) is 15.7. The minimum atomic E-state index is -4.49. The fourth-order valence-electron chi connectivity index (χ4n) is 2.41. The number of hydrogen-bond acceptors (Lipinski definition) is 6. The van der Waals surface area contributed by atoms with E-state index in [9.17, 15) is 18.0 Å². The topological polar surface area (TPSA) is 83.0 Å². The Morgan fingerprint density at radius 2 is 1.90 bits per heavy atom. The summed E-state index contributed by atoms with van der Waals surface area (Å²) in [6.45, 7) is 1.78. The Morgan fingerprint density at radius 1 is 1.14 bits per heavy atom. The van der Waals surface area contributed by atoms with Gasteiger partial charge in [0.25, 0.3) is 0 Å². The van der Waals surface area contributed by atoms with Gasteiger partial charge >= 0.3 is 12.2 Å². The Hall–Kier alpha value is -3.21. The number of alkyl halides is 3. The Balaban J connectivity index is 1.74. The third kappa shape index (κ3) is 4.99. The van der Waals surface area contributed by atoms with Gasteiger partial charge in [-0.1, -0.05) is 17.4 Å². The van der Waals surface area contributed by atoms with Crippen molar-refractivity contribution in [3.63, 3.8) is 0 Å². The SMILES string of the molecule is Cc1nc(NC(=O)Nc2cccc(C(F)(F)F)c2)sc1-c1ccnc(N(C)C)n1. The van der Waals surface area contributed by atoms with Crippen LogP contribution in [-0.4, -0.2) is 35.1 Å². The molecule has 11 heteroatoms. The van der Waals surface area contributed by atoms with Gasteiger partial charge in [-0.3, -0.25) is 5.32 Å². The molecule has 1 aromatic carbocycles. The van der Waals surface area contributed by atoms with Crippen LogP contribution in [-0.2, 0) is 6.18 Å². The predicted molar refractivity (Wildman–Crippen MR) is 106 cm³/mol.